The SMILES string of the molecule is CC(C)CCC(C)CN.CCC(N)CC. The van der Waals surface area contributed by atoms with Crippen LogP contribution >= 0.6 is 0 Å². The third-order valence-electron chi connectivity index (χ3n) is 2.69. The summed E-state index contributed by atoms with van der Waals surface area (Å²) in [5.41, 5.74) is 10.9. The van der Waals surface area contributed by atoms with E-state index < -0.39 is 0 Å². The molecule has 2 heteroatoms. The van der Waals surface area contributed by atoms with E-state index in [2.05, 4.69) is 34.6 Å². The summed E-state index contributed by atoms with van der Waals surface area (Å²) in [6.07, 6.45) is 4.82. The molecule has 0 aromatic rings. The summed E-state index contributed by atoms with van der Waals surface area (Å²) in [6, 6.07) is 0.435. The Kier molecular flexibility index (Phi) is 13.8. The second kappa shape index (κ2) is 12.0. The Morgan fingerprint density at radius 2 is 1.40 bits per heavy atom. The maximum Gasteiger partial charge on any atom is 0.00335 e. The largest absolute Gasteiger partial charge is 0.330 e. The van der Waals surface area contributed by atoms with Crippen molar-refractivity contribution in [3.63, 3.8) is 0 Å². The van der Waals surface area contributed by atoms with Gasteiger partial charge in [-0.25, -0.2) is 0 Å². The molecule has 0 fully saturated rings. The quantitative estimate of drug-likeness (QED) is 0.716. The van der Waals surface area contributed by atoms with Gasteiger partial charge in [-0.2, -0.15) is 0 Å². The molecule has 0 amide bonds. The van der Waals surface area contributed by atoms with Crippen LogP contribution in [0.25, 0.3) is 0 Å². The smallest absolute Gasteiger partial charge is 0.00335 e. The van der Waals surface area contributed by atoms with Gasteiger partial charge in [-0.05, 0) is 37.6 Å². The van der Waals surface area contributed by atoms with Crippen molar-refractivity contribution in [1.82, 2.24) is 0 Å². The second-order valence-electron chi connectivity index (χ2n) is 4.89. The van der Waals surface area contributed by atoms with Crippen molar-refractivity contribution in [1.29, 1.82) is 0 Å². The molecular weight excluding hydrogens is 184 g/mol. The number of nitrogens with two attached hydrogens (primary N) is 2. The Hall–Kier alpha value is -0.0800. The summed E-state index contributed by atoms with van der Waals surface area (Å²) in [5, 5.41) is 0. The van der Waals surface area contributed by atoms with Crippen LogP contribution in [0.1, 0.15) is 60.3 Å². The van der Waals surface area contributed by atoms with Crippen molar-refractivity contribution in [3.05, 3.63) is 0 Å². The van der Waals surface area contributed by atoms with Gasteiger partial charge in [0.25, 0.3) is 0 Å². The molecule has 2 nitrogen and oxygen atoms in total. The molecule has 1 unspecified atom stereocenters. The van der Waals surface area contributed by atoms with Gasteiger partial charge < -0.3 is 11.5 Å². The molecule has 0 saturated carbocycles. The van der Waals surface area contributed by atoms with Crippen molar-refractivity contribution in [2.45, 2.75) is 66.3 Å². The lowest BCUT2D eigenvalue weighted by atomic mass is 10.00. The summed E-state index contributed by atoms with van der Waals surface area (Å²) < 4.78 is 0. The molecule has 1 atom stereocenters. The molecule has 0 bridgehead atoms. The highest BCUT2D eigenvalue weighted by Gasteiger charge is 1.99. The van der Waals surface area contributed by atoms with Crippen LogP contribution in [0.4, 0.5) is 0 Å². The highest BCUT2D eigenvalue weighted by molar-refractivity contribution is 4.54. The lowest BCUT2D eigenvalue weighted by Crippen LogP contribution is -2.16. The fourth-order valence-corrected chi connectivity index (χ4v) is 1.02. The minimum absolute atomic E-state index is 0.435. The van der Waals surface area contributed by atoms with E-state index in [0.29, 0.717) is 12.0 Å². The van der Waals surface area contributed by atoms with Crippen LogP contribution in [-0.4, -0.2) is 12.6 Å². The fourth-order valence-electron chi connectivity index (χ4n) is 1.02. The Balaban J connectivity index is 0. The molecule has 94 valence electrons. The monoisotopic (exact) mass is 216 g/mol. The zero-order chi connectivity index (χ0) is 12.3. The maximum atomic E-state index is 5.47. The third-order valence-corrected chi connectivity index (χ3v) is 2.69. The van der Waals surface area contributed by atoms with Crippen molar-refractivity contribution in [2.75, 3.05) is 6.54 Å². The van der Waals surface area contributed by atoms with Gasteiger partial charge in [0, 0.05) is 6.04 Å². The Bertz CT molecular complexity index is 109. The molecule has 0 aliphatic heterocycles. The zero-order valence-corrected chi connectivity index (χ0v) is 11.4. The van der Waals surface area contributed by atoms with E-state index in [1.807, 2.05) is 0 Å². The van der Waals surface area contributed by atoms with Crippen molar-refractivity contribution < 1.29 is 0 Å². The van der Waals surface area contributed by atoms with Crippen LogP contribution < -0.4 is 11.5 Å². The minimum atomic E-state index is 0.435. The normalized spacial score (nSPS) is 12.6. The Labute approximate surface area is 96.8 Å². The van der Waals surface area contributed by atoms with Crippen LogP contribution in [0.2, 0.25) is 0 Å². The van der Waals surface area contributed by atoms with E-state index in [9.17, 15) is 0 Å². The van der Waals surface area contributed by atoms with Gasteiger partial charge in [0.05, 0.1) is 0 Å². The highest BCUT2D eigenvalue weighted by Crippen LogP contribution is 2.09. The van der Waals surface area contributed by atoms with E-state index >= 15 is 0 Å². The molecule has 0 spiro atoms. The summed E-state index contributed by atoms with van der Waals surface area (Å²) in [4.78, 5) is 0. The first kappa shape index (κ1) is 17.3. The molecule has 0 aromatic heterocycles. The molecule has 15 heavy (non-hydrogen) atoms. The third kappa shape index (κ3) is 16.6. The van der Waals surface area contributed by atoms with E-state index in [-0.39, 0.29) is 0 Å². The molecular formula is C13H32N2. The number of hydrogen-bond acceptors (Lipinski definition) is 2. The summed E-state index contributed by atoms with van der Waals surface area (Å²) >= 11 is 0. The Morgan fingerprint density at radius 3 is 1.60 bits per heavy atom. The van der Waals surface area contributed by atoms with E-state index in [4.69, 9.17) is 11.5 Å². The average Bonchev–Trinajstić information content (AvgIpc) is 2.25. The van der Waals surface area contributed by atoms with Crippen LogP contribution in [0.15, 0.2) is 0 Å². The van der Waals surface area contributed by atoms with E-state index in [0.717, 1.165) is 25.3 Å². The van der Waals surface area contributed by atoms with Crippen LogP contribution in [0.5, 0.6) is 0 Å². The second-order valence-corrected chi connectivity index (χ2v) is 4.89. The van der Waals surface area contributed by atoms with Gasteiger partial charge in [0.15, 0.2) is 0 Å². The molecule has 0 radical (unpaired) electrons. The number of rotatable bonds is 6. The van der Waals surface area contributed by atoms with Crippen molar-refractivity contribution in [2.24, 2.45) is 23.3 Å². The molecule has 0 aliphatic carbocycles. The predicted octanol–water partition coefficient (Wildman–Crippen LogP) is 3.15. The predicted molar refractivity (Wildman–Crippen MR) is 70.8 cm³/mol. The van der Waals surface area contributed by atoms with Crippen molar-refractivity contribution >= 4 is 0 Å². The van der Waals surface area contributed by atoms with Gasteiger partial charge in [0.1, 0.15) is 0 Å². The lowest BCUT2D eigenvalue weighted by molar-refractivity contribution is 0.457. The summed E-state index contributed by atoms with van der Waals surface area (Å²) in [5.74, 6) is 1.55. The molecule has 0 rings (SSSR count). The van der Waals surface area contributed by atoms with Gasteiger partial charge in [0.2, 0.25) is 0 Å². The van der Waals surface area contributed by atoms with E-state index in [1.165, 1.54) is 12.8 Å². The van der Waals surface area contributed by atoms with Gasteiger partial charge in [-0.15, -0.1) is 0 Å². The molecule has 0 aliphatic rings. The zero-order valence-electron chi connectivity index (χ0n) is 11.4. The van der Waals surface area contributed by atoms with Crippen molar-refractivity contribution in [3.8, 4) is 0 Å². The molecule has 0 aromatic carbocycles. The van der Waals surface area contributed by atoms with Crippen LogP contribution in [0, 0.1) is 11.8 Å². The molecule has 0 saturated heterocycles. The first-order valence-corrected chi connectivity index (χ1v) is 6.43. The Morgan fingerprint density at radius 1 is 0.933 bits per heavy atom. The van der Waals surface area contributed by atoms with Gasteiger partial charge in [-0.3, -0.25) is 0 Å². The van der Waals surface area contributed by atoms with Gasteiger partial charge >= 0.3 is 0 Å². The first-order chi connectivity index (χ1) is 6.97. The average molecular weight is 216 g/mol. The molecule has 0 heterocycles. The summed E-state index contributed by atoms with van der Waals surface area (Å²) in [6.45, 7) is 11.8. The highest BCUT2D eigenvalue weighted by atomic mass is 14.6. The van der Waals surface area contributed by atoms with Crippen LogP contribution in [0.3, 0.4) is 0 Å². The fraction of sp³-hybridized carbons (Fsp3) is 1.00. The van der Waals surface area contributed by atoms with Crippen LogP contribution in [-0.2, 0) is 0 Å². The topological polar surface area (TPSA) is 52.0 Å². The first-order valence-electron chi connectivity index (χ1n) is 6.43. The standard InChI is InChI=1S/C8H19N.C5H13N/c1-7(2)4-5-8(3)6-9;1-3-5(6)4-2/h7-8H,4-6,9H2,1-3H3;5H,3-4,6H2,1-2H3. The number of hydrogen-bond donors (Lipinski definition) is 2. The lowest BCUT2D eigenvalue weighted by Gasteiger charge is -2.08. The molecule has 4 N–H and O–H groups in total. The minimum Gasteiger partial charge on any atom is -0.330 e. The summed E-state index contributed by atoms with van der Waals surface area (Å²) in [7, 11) is 0. The van der Waals surface area contributed by atoms with Gasteiger partial charge in [-0.1, -0.05) is 41.0 Å². The maximum absolute atomic E-state index is 5.47. The van der Waals surface area contributed by atoms with E-state index in [1.54, 1.807) is 0 Å².